The van der Waals surface area contributed by atoms with Crippen LogP contribution < -0.4 is 10.6 Å². The zero-order valence-electron chi connectivity index (χ0n) is 10.8. The molecule has 0 saturated carbocycles. The Morgan fingerprint density at radius 1 is 1.16 bits per heavy atom. The Balaban J connectivity index is 1.97. The second-order valence-electron chi connectivity index (χ2n) is 4.18. The number of hydrogen-bond donors (Lipinski definition) is 2. The minimum Gasteiger partial charge on any atom is -0.356 e. The van der Waals surface area contributed by atoms with Gasteiger partial charge in [-0.1, -0.05) is 43.3 Å². The molecule has 0 aliphatic rings. The van der Waals surface area contributed by atoms with E-state index in [1.165, 1.54) is 5.56 Å². The first-order chi connectivity index (χ1) is 9.29. The number of rotatable bonds is 4. The summed E-state index contributed by atoms with van der Waals surface area (Å²) in [5, 5.41) is 6.99. The smallest absolute Gasteiger partial charge is 0.172 e. The summed E-state index contributed by atoms with van der Waals surface area (Å²) in [5.41, 5.74) is 1.23. The van der Waals surface area contributed by atoms with E-state index in [0.717, 1.165) is 12.2 Å². The Hall–Kier alpha value is -1.94. The van der Waals surface area contributed by atoms with Crippen LogP contribution in [0.2, 0.25) is 0 Å². The maximum atomic E-state index is 5.32. The van der Waals surface area contributed by atoms with Crippen LogP contribution in [0.4, 0.5) is 5.82 Å². The fourth-order valence-corrected chi connectivity index (χ4v) is 2.10. The van der Waals surface area contributed by atoms with Gasteiger partial charge in [0.25, 0.3) is 0 Å². The van der Waals surface area contributed by atoms with Gasteiger partial charge in [0, 0.05) is 6.20 Å². The molecule has 1 atom stereocenters. The third-order valence-electron chi connectivity index (χ3n) is 2.82. The molecule has 0 amide bonds. The number of thiocarbonyl (C=S) groups is 1. The summed E-state index contributed by atoms with van der Waals surface area (Å²) in [4.78, 5) is 4.19. The highest BCUT2D eigenvalue weighted by molar-refractivity contribution is 7.80. The molecule has 0 aliphatic heterocycles. The van der Waals surface area contributed by atoms with Crippen LogP contribution >= 0.6 is 12.2 Å². The van der Waals surface area contributed by atoms with E-state index in [0.29, 0.717) is 5.11 Å². The van der Waals surface area contributed by atoms with Crippen LogP contribution in [0, 0.1) is 0 Å². The Labute approximate surface area is 119 Å². The van der Waals surface area contributed by atoms with Gasteiger partial charge < -0.3 is 10.6 Å². The van der Waals surface area contributed by atoms with E-state index in [1.807, 2.05) is 36.4 Å². The molecule has 0 radical (unpaired) electrons. The first kappa shape index (κ1) is 13.5. The van der Waals surface area contributed by atoms with Gasteiger partial charge in [-0.05, 0) is 36.3 Å². The first-order valence-corrected chi connectivity index (χ1v) is 6.74. The van der Waals surface area contributed by atoms with Crippen LogP contribution in [0.3, 0.4) is 0 Å². The summed E-state index contributed by atoms with van der Waals surface area (Å²) in [5.74, 6) is 0.753. The Bertz CT molecular complexity index is 513. The van der Waals surface area contributed by atoms with Crippen molar-refractivity contribution < 1.29 is 0 Å². The molecule has 19 heavy (non-hydrogen) atoms. The van der Waals surface area contributed by atoms with Gasteiger partial charge in [0.2, 0.25) is 0 Å². The van der Waals surface area contributed by atoms with E-state index in [1.54, 1.807) is 6.20 Å². The molecule has 2 N–H and O–H groups in total. The summed E-state index contributed by atoms with van der Waals surface area (Å²) in [6, 6.07) is 16.2. The molecule has 1 aromatic heterocycles. The molecule has 1 unspecified atom stereocenters. The van der Waals surface area contributed by atoms with Crippen LogP contribution in [0.25, 0.3) is 0 Å². The lowest BCUT2D eigenvalue weighted by Gasteiger charge is -2.19. The van der Waals surface area contributed by atoms with Gasteiger partial charge in [-0.25, -0.2) is 4.98 Å². The number of aromatic nitrogens is 1. The number of anilines is 1. The molecule has 0 bridgehead atoms. The van der Waals surface area contributed by atoms with Gasteiger partial charge in [-0.3, -0.25) is 0 Å². The fraction of sp³-hybridized carbons (Fsp3) is 0.200. The van der Waals surface area contributed by atoms with Crippen molar-refractivity contribution in [2.45, 2.75) is 19.4 Å². The van der Waals surface area contributed by atoms with Crippen LogP contribution in [-0.2, 0) is 0 Å². The Morgan fingerprint density at radius 2 is 1.89 bits per heavy atom. The second-order valence-corrected chi connectivity index (χ2v) is 4.59. The minimum atomic E-state index is 0.213. The topological polar surface area (TPSA) is 37.0 Å². The molecule has 2 aromatic rings. The first-order valence-electron chi connectivity index (χ1n) is 6.33. The highest BCUT2D eigenvalue weighted by Crippen LogP contribution is 2.16. The van der Waals surface area contributed by atoms with E-state index in [4.69, 9.17) is 12.2 Å². The number of pyridine rings is 1. The van der Waals surface area contributed by atoms with Crippen LogP contribution in [0.1, 0.15) is 24.9 Å². The van der Waals surface area contributed by atoms with Crippen LogP contribution in [0.5, 0.6) is 0 Å². The van der Waals surface area contributed by atoms with Gasteiger partial charge in [0.05, 0.1) is 6.04 Å². The van der Waals surface area contributed by atoms with Crippen LogP contribution in [-0.4, -0.2) is 10.1 Å². The van der Waals surface area contributed by atoms with E-state index in [2.05, 4.69) is 34.7 Å². The lowest BCUT2D eigenvalue weighted by atomic mass is 10.1. The summed E-state index contributed by atoms with van der Waals surface area (Å²) < 4.78 is 0. The quantitative estimate of drug-likeness (QED) is 0.834. The highest BCUT2D eigenvalue weighted by atomic mass is 32.1. The molecular formula is C15H17N3S. The SMILES string of the molecule is CCC(NC(=S)Nc1ccccn1)c1ccccc1. The van der Waals surface area contributed by atoms with Crippen LogP contribution in [0.15, 0.2) is 54.7 Å². The standard InChI is InChI=1S/C15H17N3S/c1-2-13(12-8-4-3-5-9-12)17-15(19)18-14-10-6-7-11-16-14/h3-11,13H,2H2,1H3,(H2,16,17,18,19). The van der Waals surface area contributed by atoms with Gasteiger partial charge in [0.15, 0.2) is 5.11 Å². The Kier molecular flexibility index (Phi) is 4.86. The monoisotopic (exact) mass is 271 g/mol. The predicted octanol–water partition coefficient (Wildman–Crippen LogP) is 3.52. The van der Waals surface area contributed by atoms with Gasteiger partial charge >= 0.3 is 0 Å². The van der Waals surface area contributed by atoms with E-state index >= 15 is 0 Å². The molecule has 2 rings (SSSR count). The lowest BCUT2D eigenvalue weighted by Crippen LogP contribution is -2.32. The van der Waals surface area contributed by atoms with Crippen molar-refractivity contribution in [1.29, 1.82) is 0 Å². The van der Waals surface area contributed by atoms with Crippen molar-refractivity contribution in [2.24, 2.45) is 0 Å². The largest absolute Gasteiger partial charge is 0.356 e. The second kappa shape index (κ2) is 6.85. The normalized spacial score (nSPS) is 11.6. The molecule has 1 heterocycles. The zero-order valence-corrected chi connectivity index (χ0v) is 11.7. The third-order valence-corrected chi connectivity index (χ3v) is 3.04. The molecule has 0 fully saturated rings. The maximum absolute atomic E-state index is 5.32. The predicted molar refractivity (Wildman–Crippen MR) is 83.1 cm³/mol. The number of nitrogens with one attached hydrogen (secondary N) is 2. The van der Waals surface area contributed by atoms with Gasteiger partial charge in [0.1, 0.15) is 5.82 Å². The maximum Gasteiger partial charge on any atom is 0.172 e. The Morgan fingerprint density at radius 3 is 2.53 bits per heavy atom. The van der Waals surface area contributed by atoms with Crippen molar-refractivity contribution in [3.8, 4) is 0 Å². The van der Waals surface area contributed by atoms with Crippen molar-refractivity contribution in [3.05, 3.63) is 60.3 Å². The van der Waals surface area contributed by atoms with Crippen molar-refractivity contribution in [2.75, 3.05) is 5.32 Å². The number of nitrogens with zero attached hydrogens (tertiary/aromatic N) is 1. The molecule has 1 aromatic carbocycles. The third kappa shape index (κ3) is 4.03. The molecular weight excluding hydrogens is 254 g/mol. The molecule has 0 aliphatic carbocycles. The number of hydrogen-bond acceptors (Lipinski definition) is 2. The molecule has 98 valence electrons. The lowest BCUT2D eigenvalue weighted by molar-refractivity contribution is 0.629. The average Bonchev–Trinajstić information content (AvgIpc) is 2.47. The number of benzene rings is 1. The van der Waals surface area contributed by atoms with E-state index in [-0.39, 0.29) is 6.04 Å². The molecule has 0 saturated heterocycles. The van der Waals surface area contributed by atoms with Crippen molar-refractivity contribution >= 4 is 23.1 Å². The summed E-state index contributed by atoms with van der Waals surface area (Å²) in [6.07, 6.45) is 2.70. The van der Waals surface area contributed by atoms with E-state index < -0.39 is 0 Å². The molecule has 3 nitrogen and oxygen atoms in total. The summed E-state index contributed by atoms with van der Waals surface area (Å²) in [6.45, 7) is 2.13. The summed E-state index contributed by atoms with van der Waals surface area (Å²) in [7, 11) is 0. The van der Waals surface area contributed by atoms with Crippen molar-refractivity contribution in [1.82, 2.24) is 10.3 Å². The molecule has 4 heteroatoms. The minimum absolute atomic E-state index is 0.213. The molecule has 0 spiro atoms. The fourth-order valence-electron chi connectivity index (χ4n) is 1.85. The zero-order chi connectivity index (χ0) is 13.5. The summed E-state index contributed by atoms with van der Waals surface area (Å²) >= 11 is 5.32. The van der Waals surface area contributed by atoms with Gasteiger partial charge in [-0.15, -0.1) is 0 Å². The average molecular weight is 271 g/mol. The van der Waals surface area contributed by atoms with E-state index in [9.17, 15) is 0 Å². The van der Waals surface area contributed by atoms with Crippen molar-refractivity contribution in [3.63, 3.8) is 0 Å². The van der Waals surface area contributed by atoms with Gasteiger partial charge in [-0.2, -0.15) is 0 Å². The highest BCUT2D eigenvalue weighted by Gasteiger charge is 2.10.